The SMILES string of the molecule is CC(C)CCC(=O)N(N)[C@@H](CC=Cc1ccccc1)C(=O)NO[C@@H]1CCCCO1. The first-order chi connectivity index (χ1) is 14.0. The Bertz CT molecular complexity index is 657. The van der Waals surface area contributed by atoms with Crippen molar-refractivity contribution in [3.05, 3.63) is 42.0 Å². The lowest BCUT2D eigenvalue weighted by Gasteiger charge is -2.27. The minimum Gasteiger partial charge on any atom is -0.350 e. The third-order valence-corrected chi connectivity index (χ3v) is 4.76. The van der Waals surface area contributed by atoms with Crippen LogP contribution in [0.4, 0.5) is 0 Å². The Morgan fingerprint density at radius 3 is 2.72 bits per heavy atom. The Balaban J connectivity index is 1.99. The Kier molecular flexibility index (Phi) is 9.83. The molecule has 1 aromatic rings. The molecule has 7 heteroatoms. The second kappa shape index (κ2) is 12.4. The Hall–Kier alpha value is -2.22. The highest BCUT2D eigenvalue weighted by Crippen LogP contribution is 2.14. The number of ether oxygens (including phenoxy) is 1. The highest BCUT2D eigenvalue weighted by Gasteiger charge is 2.28. The van der Waals surface area contributed by atoms with Crippen LogP contribution in [0.2, 0.25) is 0 Å². The average Bonchev–Trinajstić information content (AvgIpc) is 2.74. The molecule has 7 nitrogen and oxygen atoms in total. The van der Waals surface area contributed by atoms with Gasteiger partial charge >= 0.3 is 0 Å². The smallest absolute Gasteiger partial charge is 0.268 e. The predicted octanol–water partition coefficient (Wildman–Crippen LogP) is 3.17. The first-order valence-corrected chi connectivity index (χ1v) is 10.3. The van der Waals surface area contributed by atoms with Crippen LogP contribution in [0.15, 0.2) is 36.4 Å². The Morgan fingerprint density at radius 2 is 2.07 bits per heavy atom. The maximum absolute atomic E-state index is 12.7. The number of hydrogen-bond donors (Lipinski definition) is 2. The first-order valence-electron chi connectivity index (χ1n) is 10.3. The molecule has 29 heavy (non-hydrogen) atoms. The third kappa shape index (κ3) is 8.35. The summed E-state index contributed by atoms with van der Waals surface area (Å²) in [5.41, 5.74) is 3.44. The molecule has 0 unspecified atom stereocenters. The van der Waals surface area contributed by atoms with E-state index >= 15 is 0 Å². The lowest BCUT2D eigenvalue weighted by molar-refractivity contribution is -0.202. The fourth-order valence-electron chi connectivity index (χ4n) is 2.96. The van der Waals surface area contributed by atoms with Crippen molar-refractivity contribution in [2.45, 2.75) is 64.7 Å². The second-order valence-corrected chi connectivity index (χ2v) is 7.68. The highest BCUT2D eigenvalue weighted by molar-refractivity contribution is 5.87. The monoisotopic (exact) mass is 403 g/mol. The first kappa shape index (κ1) is 23.1. The van der Waals surface area contributed by atoms with Crippen LogP contribution in [0.3, 0.4) is 0 Å². The van der Waals surface area contributed by atoms with Crippen LogP contribution in [0, 0.1) is 5.92 Å². The molecule has 0 spiro atoms. The molecule has 0 aromatic heterocycles. The highest BCUT2D eigenvalue weighted by atomic mass is 16.8. The number of amides is 2. The van der Waals surface area contributed by atoms with Crippen molar-refractivity contribution in [1.82, 2.24) is 10.5 Å². The number of rotatable bonds is 10. The maximum atomic E-state index is 12.7. The van der Waals surface area contributed by atoms with Gasteiger partial charge in [-0.15, -0.1) is 0 Å². The summed E-state index contributed by atoms with van der Waals surface area (Å²) < 4.78 is 5.46. The average molecular weight is 404 g/mol. The number of hydrazine groups is 1. The minimum absolute atomic E-state index is 0.263. The zero-order valence-electron chi connectivity index (χ0n) is 17.4. The zero-order valence-corrected chi connectivity index (χ0v) is 17.4. The number of hydrogen-bond acceptors (Lipinski definition) is 5. The molecule has 0 bridgehead atoms. The fourth-order valence-corrected chi connectivity index (χ4v) is 2.96. The normalized spacial score (nSPS) is 18.0. The van der Waals surface area contributed by atoms with E-state index in [1.807, 2.05) is 56.3 Å². The molecule has 1 aromatic carbocycles. The van der Waals surface area contributed by atoms with Crippen molar-refractivity contribution >= 4 is 17.9 Å². The van der Waals surface area contributed by atoms with Gasteiger partial charge in [0, 0.05) is 19.4 Å². The molecule has 160 valence electrons. The fraction of sp³-hybridized carbons (Fsp3) is 0.545. The molecule has 1 aliphatic rings. The van der Waals surface area contributed by atoms with Gasteiger partial charge in [0.2, 0.25) is 5.91 Å². The van der Waals surface area contributed by atoms with Gasteiger partial charge in [0.1, 0.15) is 6.04 Å². The van der Waals surface area contributed by atoms with E-state index in [2.05, 4.69) is 5.48 Å². The molecule has 1 aliphatic heterocycles. The summed E-state index contributed by atoms with van der Waals surface area (Å²) >= 11 is 0. The quantitative estimate of drug-likeness (QED) is 0.355. The van der Waals surface area contributed by atoms with Gasteiger partial charge in [-0.1, -0.05) is 56.3 Å². The molecule has 3 N–H and O–H groups in total. The van der Waals surface area contributed by atoms with Crippen LogP contribution in [0.5, 0.6) is 0 Å². The van der Waals surface area contributed by atoms with E-state index in [-0.39, 0.29) is 12.3 Å². The van der Waals surface area contributed by atoms with Gasteiger partial charge in [-0.3, -0.25) is 14.6 Å². The van der Waals surface area contributed by atoms with Crippen molar-refractivity contribution in [2.75, 3.05) is 6.61 Å². The molecule has 1 heterocycles. The summed E-state index contributed by atoms with van der Waals surface area (Å²) in [5, 5.41) is 1.03. The standard InChI is InChI=1S/C22H33N3O4/c1-17(2)14-15-20(26)25(23)19(12-8-11-18-9-4-3-5-10-18)22(27)24-29-21-13-6-7-16-28-21/h3-5,8-11,17,19,21H,6-7,12-16,23H2,1-2H3,(H,24,27)/t19-,21+/m0/s1. The van der Waals surface area contributed by atoms with Crippen LogP contribution < -0.4 is 11.3 Å². The zero-order chi connectivity index (χ0) is 21.1. The molecule has 0 saturated carbocycles. The summed E-state index contributed by atoms with van der Waals surface area (Å²) in [7, 11) is 0. The molecular formula is C22H33N3O4. The van der Waals surface area contributed by atoms with Crippen molar-refractivity contribution < 1.29 is 19.2 Å². The summed E-state index contributed by atoms with van der Waals surface area (Å²) in [6, 6.07) is 8.87. The summed E-state index contributed by atoms with van der Waals surface area (Å²) in [5.74, 6) is 5.69. The van der Waals surface area contributed by atoms with Crippen molar-refractivity contribution in [1.29, 1.82) is 0 Å². The lowest BCUT2D eigenvalue weighted by atomic mass is 10.1. The van der Waals surface area contributed by atoms with Gasteiger partial charge in [-0.2, -0.15) is 0 Å². The van der Waals surface area contributed by atoms with Gasteiger partial charge in [-0.05, 0) is 37.2 Å². The summed E-state index contributed by atoms with van der Waals surface area (Å²) in [6.45, 7) is 4.69. The van der Waals surface area contributed by atoms with Gasteiger partial charge < -0.3 is 4.74 Å². The van der Waals surface area contributed by atoms with Crippen LogP contribution in [-0.2, 0) is 19.2 Å². The number of benzene rings is 1. The molecule has 1 fully saturated rings. The van der Waals surface area contributed by atoms with Gasteiger partial charge in [-0.25, -0.2) is 16.2 Å². The summed E-state index contributed by atoms with van der Waals surface area (Å²) in [6.07, 6.45) is 7.26. The number of carbonyl (C=O) groups is 2. The molecule has 2 rings (SSSR count). The van der Waals surface area contributed by atoms with Crippen LogP contribution >= 0.6 is 0 Å². The summed E-state index contributed by atoms with van der Waals surface area (Å²) in [4.78, 5) is 30.6. The Morgan fingerprint density at radius 1 is 1.31 bits per heavy atom. The number of hydroxylamine groups is 1. The molecule has 1 saturated heterocycles. The van der Waals surface area contributed by atoms with Gasteiger partial charge in [0.25, 0.3) is 5.91 Å². The van der Waals surface area contributed by atoms with E-state index in [9.17, 15) is 9.59 Å². The molecular weight excluding hydrogens is 370 g/mol. The maximum Gasteiger partial charge on any atom is 0.268 e. The van der Waals surface area contributed by atoms with E-state index in [1.54, 1.807) is 0 Å². The van der Waals surface area contributed by atoms with E-state index in [0.29, 0.717) is 25.4 Å². The topological polar surface area (TPSA) is 93.9 Å². The molecule has 2 atom stereocenters. The Labute approximate surface area is 173 Å². The minimum atomic E-state index is -0.863. The van der Waals surface area contributed by atoms with E-state index in [4.69, 9.17) is 15.4 Å². The van der Waals surface area contributed by atoms with E-state index < -0.39 is 18.2 Å². The number of nitrogens with one attached hydrogen (secondary N) is 1. The van der Waals surface area contributed by atoms with Gasteiger partial charge in [0.15, 0.2) is 6.29 Å². The second-order valence-electron chi connectivity index (χ2n) is 7.68. The molecule has 0 radical (unpaired) electrons. The van der Waals surface area contributed by atoms with Crippen LogP contribution in [-0.4, -0.2) is 35.8 Å². The van der Waals surface area contributed by atoms with E-state index in [0.717, 1.165) is 29.8 Å². The lowest BCUT2D eigenvalue weighted by Crippen LogP contribution is -2.53. The van der Waals surface area contributed by atoms with Gasteiger partial charge in [0.05, 0.1) is 0 Å². The van der Waals surface area contributed by atoms with Crippen LogP contribution in [0.25, 0.3) is 6.08 Å². The number of nitrogens with two attached hydrogens (primary N) is 1. The number of carbonyl (C=O) groups excluding carboxylic acids is 2. The van der Waals surface area contributed by atoms with Crippen molar-refractivity contribution in [3.63, 3.8) is 0 Å². The third-order valence-electron chi connectivity index (χ3n) is 4.76. The van der Waals surface area contributed by atoms with Crippen LogP contribution in [0.1, 0.15) is 57.9 Å². The predicted molar refractivity (Wildman–Crippen MR) is 112 cm³/mol. The number of nitrogens with zero attached hydrogens (tertiary/aromatic N) is 1. The van der Waals surface area contributed by atoms with E-state index in [1.165, 1.54) is 0 Å². The molecule has 2 amide bonds. The largest absolute Gasteiger partial charge is 0.350 e. The van der Waals surface area contributed by atoms with Crippen molar-refractivity contribution in [3.8, 4) is 0 Å². The van der Waals surface area contributed by atoms with Crippen molar-refractivity contribution in [2.24, 2.45) is 11.8 Å². The molecule has 0 aliphatic carbocycles.